The molecule has 0 saturated heterocycles. The fourth-order valence-electron chi connectivity index (χ4n) is 1.82. The van der Waals surface area contributed by atoms with Crippen molar-refractivity contribution in [3.8, 4) is 0 Å². The molecule has 0 radical (unpaired) electrons. The van der Waals surface area contributed by atoms with Crippen LogP contribution in [0.25, 0.3) is 0 Å². The number of rotatable bonds is 4. The molecule has 1 aliphatic rings. The first-order valence-electron chi connectivity index (χ1n) is 5.39. The Morgan fingerprint density at radius 3 is 2.33 bits per heavy atom. The molecule has 1 aromatic carbocycles. The Morgan fingerprint density at radius 2 is 1.83 bits per heavy atom. The highest BCUT2D eigenvalue weighted by Gasteiger charge is 2.36. The Balaban J connectivity index is 2.01. The molecule has 5 nitrogen and oxygen atoms in total. The fourth-order valence-corrected chi connectivity index (χ4v) is 3.20. The van der Waals surface area contributed by atoms with Crippen LogP contribution in [0.3, 0.4) is 0 Å². The standard InChI is InChI=1S/C11H12ClNO4S/c12-8-1-3-10(4-2-8)18(16,17)13-9-5-7(6-9)11(14)15/h1-4,7,9,13H,5-6H2,(H,14,15). The first-order chi connectivity index (χ1) is 8.38. The van der Waals surface area contributed by atoms with E-state index in [1.54, 1.807) is 0 Å². The lowest BCUT2D eigenvalue weighted by molar-refractivity contribution is -0.145. The van der Waals surface area contributed by atoms with Crippen molar-refractivity contribution in [1.29, 1.82) is 0 Å². The molecule has 0 aromatic heterocycles. The van der Waals surface area contributed by atoms with Gasteiger partial charge in [-0.05, 0) is 37.1 Å². The molecule has 1 aliphatic carbocycles. The second-order valence-corrected chi connectivity index (χ2v) is 6.43. The molecule has 0 amide bonds. The van der Waals surface area contributed by atoms with Crippen LogP contribution in [0.2, 0.25) is 5.02 Å². The van der Waals surface area contributed by atoms with Gasteiger partial charge >= 0.3 is 5.97 Å². The van der Waals surface area contributed by atoms with E-state index in [1.807, 2.05) is 0 Å². The van der Waals surface area contributed by atoms with E-state index in [2.05, 4.69) is 4.72 Å². The van der Waals surface area contributed by atoms with Crippen LogP contribution in [0.5, 0.6) is 0 Å². The van der Waals surface area contributed by atoms with E-state index in [0.717, 1.165) is 0 Å². The molecule has 0 aliphatic heterocycles. The molecule has 1 aromatic rings. The predicted octanol–water partition coefficient (Wildman–Crippen LogP) is 1.48. The summed E-state index contributed by atoms with van der Waals surface area (Å²) in [5.41, 5.74) is 0. The van der Waals surface area contributed by atoms with Crippen LogP contribution in [0.15, 0.2) is 29.2 Å². The molecule has 2 rings (SSSR count). The van der Waals surface area contributed by atoms with Gasteiger partial charge in [-0.2, -0.15) is 0 Å². The third-order valence-electron chi connectivity index (χ3n) is 2.93. The van der Waals surface area contributed by atoms with Gasteiger partial charge in [0.1, 0.15) is 0 Å². The number of nitrogens with one attached hydrogen (secondary N) is 1. The molecular formula is C11H12ClNO4S. The average molecular weight is 290 g/mol. The van der Waals surface area contributed by atoms with E-state index in [1.165, 1.54) is 24.3 Å². The normalized spacial score (nSPS) is 23.4. The predicted molar refractivity (Wildman–Crippen MR) is 65.9 cm³/mol. The summed E-state index contributed by atoms with van der Waals surface area (Å²) in [6, 6.07) is 5.52. The highest BCUT2D eigenvalue weighted by Crippen LogP contribution is 2.28. The molecule has 0 spiro atoms. The number of carbonyl (C=O) groups is 1. The third kappa shape index (κ3) is 2.82. The molecule has 2 N–H and O–H groups in total. The molecule has 0 atom stereocenters. The number of benzene rings is 1. The zero-order chi connectivity index (χ0) is 13.3. The van der Waals surface area contributed by atoms with Crippen LogP contribution in [-0.4, -0.2) is 25.5 Å². The lowest BCUT2D eigenvalue weighted by Crippen LogP contribution is -2.46. The Kier molecular flexibility index (Phi) is 3.61. The SMILES string of the molecule is O=C(O)C1CC(NS(=O)(=O)c2ccc(Cl)cc2)C1. The van der Waals surface area contributed by atoms with E-state index in [0.29, 0.717) is 17.9 Å². The van der Waals surface area contributed by atoms with Gasteiger partial charge in [0.15, 0.2) is 0 Å². The monoisotopic (exact) mass is 289 g/mol. The average Bonchev–Trinajstić information content (AvgIpc) is 2.23. The maximum Gasteiger partial charge on any atom is 0.306 e. The van der Waals surface area contributed by atoms with Crippen LogP contribution >= 0.6 is 11.6 Å². The maximum atomic E-state index is 11.9. The number of sulfonamides is 1. The zero-order valence-corrected chi connectivity index (χ0v) is 10.9. The number of aliphatic carboxylic acids is 1. The summed E-state index contributed by atoms with van der Waals surface area (Å²) in [5, 5.41) is 9.17. The molecule has 1 saturated carbocycles. The number of hydrogen-bond donors (Lipinski definition) is 2. The molecule has 0 heterocycles. The minimum atomic E-state index is -3.59. The second-order valence-electron chi connectivity index (χ2n) is 4.28. The van der Waals surface area contributed by atoms with E-state index in [4.69, 9.17) is 16.7 Å². The quantitative estimate of drug-likeness (QED) is 0.879. The Morgan fingerprint density at radius 1 is 1.28 bits per heavy atom. The van der Waals surface area contributed by atoms with Gasteiger partial charge in [0.25, 0.3) is 0 Å². The molecule has 0 unspecified atom stereocenters. The van der Waals surface area contributed by atoms with Gasteiger partial charge in [-0.25, -0.2) is 13.1 Å². The Labute approximate surface area is 110 Å². The molecule has 0 bridgehead atoms. The first-order valence-corrected chi connectivity index (χ1v) is 7.25. The van der Waals surface area contributed by atoms with Crippen LogP contribution in [0.1, 0.15) is 12.8 Å². The molecule has 98 valence electrons. The van der Waals surface area contributed by atoms with Crippen LogP contribution in [-0.2, 0) is 14.8 Å². The summed E-state index contributed by atoms with van der Waals surface area (Å²) in [7, 11) is -3.59. The lowest BCUT2D eigenvalue weighted by Gasteiger charge is -2.32. The van der Waals surface area contributed by atoms with Crippen molar-refractivity contribution in [1.82, 2.24) is 4.72 Å². The van der Waals surface area contributed by atoms with Crippen molar-refractivity contribution in [3.63, 3.8) is 0 Å². The third-order valence-corrected chi connectivity index (χ3v) is 4.72. The molecular weight excluding hydrogens is 278 g/mol. The van der Waals surface area contributed by atoms with Gasteiger partial charge in [0.2, 0.25) is 10.0 Å². The molecule has 7 heteroatoms. The van der Waals surface area contributed by atoms with Crippen molar-refractivity contribution in [2.45, 2.75) is 23.8 Å². The van der Waals surface area contributed by atoms with Gasteiger partial charge in [0.05, 0.1) is 10.8 Å². The summed E-state index contributed by atoms with van der Waals surface area (Å²) >= 11 is 5.68. The minimum absolute atomic E-state index is 0.130. The zero-order valence-electron chi connectivity index (χ0n) is 9.34. The summed E-state index contributed by atoms with van der Waals surface area (Å²) in [6.07, 6.45) is 0.671. The van der Waals surface area contributed by atoms with Crippen LogP contribution in [0.4, 0.5) is 0 Å². The fraction of sp³-hybridized carbons (Fsp3) is 0.364. The second kappa shape index (κ2) is 4.87. The van der Waals surface area contributed by atoms with E-state index >= 15 is 0 Å². The van der Waals surface area contributed by atoms with Crippen molar-refractivity contribution in [3.05, 3.63) is 29.3 Å². The van der Waals surface area contributed by atoms with Crippen molar-refractivity contribution >= 4 is 27.6 Å². The number of hydrogen-bond acceptors (Lipinski definition) is 3. The highest BCUT2D eigenvalue weighted by molar-refractivity contribution is 7.89. The smallest absolute Gasteiger partial charge is 0.306 e. The molecule has 1 fully saturated rings. The van der Waals surface area contributed by atoms with Crippen LogP contribution in [0, 0.1) is 5.92 Å². The Hall–Kier alpha value is -1.11. The van der Waals surface area contributed by atoms with Gasteiger partial charge in [-0.3, -0.25) is 4.79 Å². The lowest BCUT2D eigenvalue weighted by atomic mass is 9.81. The van der Waals surface area contributed by atoms with Gasteiger partial charge in [0, 0.05) is 11.1 Å². The minimum Gasteiger partial charge on any atom is -0.481 e. The van der Waals surface area contributed by atoms with E-state index in [-0.39, 0.29) is 10.9 Å². The summed E-state index contributed by atoms with van der Waals surface area (Å²) in [5.74, 6) is -1.32. The topological polar surface area (TPSA) is 83.5 Å². The van der Waals surface area contributed by atoms with Crippen LogP contribution < -0.4 is 4.72 Å². The summed E-state index contributed by atoms with van der Waals surface area (Å²) in [4.78, 5) is 10.7. The molecule has 18 heavy (non-hydrogen) atoms. The largest absolute Gasteiger partial charge is 0.481 e. The first kappa shape index (κ1) is 13.3. The van der Waals surface area contributed by atoms with E-state index < -0.39 is 21.9 Å². The maximum absolute atomic E-state index is 11.9. The number of carboxylic acids is 1. The van der Waals surface area contributed by atoms with Crippen molar-refractivity contribution < 1.29 is 18.3 Å². The van der Waals surface area contributed by atoms with Gasteiger partial charge in [-0.1, -0.05) is 11.6 Å². The van der Waals surface area contributed by atoms with Crippen molar-refractivity contribution in [2.75, 3.05) is 0 Å². The van der Waals surface area contributed by atoms with Gasteiger partial charge < -0.3 is 5.11 Å². The highest BCUT2D eigenvalue weighted by atomic mass is 35.5. The number of halogens is 1. The van der Waals surface area contributed by atoms with Gasteiger partial charge in [-0.15, -0.1) is 0 Å². The Bertz CT molecular complexity index is 549. The number of carboxylic acid groups (broad SMARTS) is 1. The van der Waals surface area contributed by atoms with E-state index in [9.17, 15) is 13.2 Å². The summed E-state index contributed by atoms with van der Waals surface area (Å²) in [6.45, 7) is 0. The summed E-state index contributed by atoms with van der Waals surface area (Å²) < 4.78 is 26.3. The van der Waals surface area contributed by atoms with Crippen molar-refractivity contribution in [2.24, 2.45) is 5.92 Å².